The highest BCUT2D eigenvalue weighted by molar-refractivity contribution is 6.32. The Hall–Kier alpha value is -2.77. The maximum Gasteiger partial charge on any atom is 0.258 e. The Bertz CT molecular complexity index is 1340. The number of carbonyl (C=O) groups excluding carboxylic acids is 1. The van der Waals surface area contributed by atoms with Crippen LogP contribution in [0.5, 0.6) is 0 Å². The normalized spacial score (nSPS) is 25.3. The Kier molecular flexibility index (Phi) is 5.50. The molecule has 0 spiro atoms. The topological polar surface area (TPSA) is 63.1 Å². The summed E-state index contributed by atoms with van der Waals surface area (Å²) in [5.41, 5.74) is 3.88. The molecule has 1 aliphatic heterocycles. The summed E-state index contributed by atoms with van der Waals surface area (Å²) in [4.78, 5) is 15.4. The number of hydrogen-bond acceptors (Lipinski definition) is 4. The van der Waals surface area contributed by atoms with E-state index in [0.717, 1.165) is 41.0 Å². The van der Waals surface area contributed by atoms with Crippen LogP contribution in [0.15, 0.2) is 42.7 Å². The summed E-state index contributed by atoms with van der Waals surface area (Å²) < 4.78 is 16.1. The van der Waals surface area contributed by atoms with E-state index in [-0.39, 0.29) is 17.5 Å². The number of alkyl halides is 1. The molecule has 3 aromatic rings. The number of halogens is 2. The van der Waals surface area contributed by atoms with Crippen LogP contribution in [0.25, 0.3) is 0 Å². The van der Waals surface area contributed by atoms with Crippen molar-refractivity contribution in [3.63, 3.8) is 0 Å². The first-order chi connectivity index (χ1) is 17.2. The van der Waals surface area contributed by atoms with Gasteiger partial charge >= 0.3 is 0 Å². The lowest BCUT2D eigenvalue weighted by Gasteiger charge is -2.43. The predicted molar refractivity (Wildman–Crippen MR) is 138 cm³/mol. The van der Waals surface area contributed by atoms with Crippen LogP contribution in [0.4, 0.5) is 10.1 Å². The van der Waals surface area contributed by atoms with Gasteiger partial charge in [0, 0.05) is 40.5 Å². The monoisotopic (exact) mass is 507 g/mol. The van der Waals surface area contributed by atoms with E-state index in [9.17, 15) is 9.18 Å². The molecule has 1 N–H and O–H groups in total. The molecule has 2 heterocycles. The molecule has 0 bridgehead atoms. The number of rotatable bonds is 6. The van der Waals surface area contributed by atoms with Crippen molar-refractivity contribution in [3.8, 4) is 0 Å². The summed E-state index contributed by atoms with van der Waals surface area (Å²) in [7, 11) is 1.88. The van der Waals surface area contributed by atoms with Gasteiger partial charge in [-0.15, -0.1) is 10.2 Å². The lowest BCUT2D eigenvalue weighted by Crippen LogP contribution is -2.49. The van der Waals surface area contributed by atoms with Crippen LogP contribution in [-0.4, -0.2) is 32.4 Å². The molecule has 2 fully saturated rings. The third-order valence-electron chi connectivity index (χ3n) is 8.52. The molecule has 188 valence electrons. The Morgan fingerprint density at radius 3 is 2.64 bits per heavy atom. The third-order valence-corrected chi connectivity index (χ3v) is 8.86. The zero-order valence-corrected chi connectivity index (χ0v) is 21.6. The summed E-state index contributed by atoms with van der Waals surface area (Å²) >= 11 is 6.73. The molecule has 1 aromatic heterocycles. The number of anilines is 1. The Balaban J connectivity index is 1.30. The summed E-state index contributed by atoms with van der Waals surface area (Å²) in [6, 6.07) is 11.9. The number of amides is 1. The van der Waals surface area contributed by atoms with Crippen LogP contribution in [-0.2, 0) is 19.0 Å². The number of hydrogen-bond donors (Lipinski definition) is 1. The molecular formula is C28H31ClFN5O. The van der Waals surface area contributed by atoms with Crippen molar-refractivity contribution in [3.05, 3.63) is 75.8 Å². The van der Waals surface area contributed by atoms with E-state index < -0.39 is 11.6 Å². The standard InChI is InChI=1S/C28H31ClFN5O/c1-17(32-27(2)8-5-9-27)18-10-22-23(24(29)11-18)15-35(25(22)36)21-7-4-6-19(12-21)28(13-20(30)14-28)26-33-31-16-34(26)3/h4,6-7,10-12,16-17,20,32H,5,8-9,13-15H2,1-3H3/t17-,20-,28-/m1/s1. The molecule has 2 saturated carbocycles. The average Bonchev–Trinajstić information content (AvgIpc) is 3.39. The highest BCUT2D eigenvalue weighted by atomic mass is 35.5. The fourth-order valence-corrected chi connectivity index (χ4v) is 6.52. The number of aryl methyl sites for hydroxylation is 1. The fourth-order valence-electron chi connectivity index (χ4n) is 6.23. The quantitative estimate of drug-likeness (QED) is 0.469. The van der Waals surface area contributed by atoms with Gasteiger partial charge < -0.3 is 14.8 Å². The molecule has 8 heteroatoms. The zero-order chi connectivity index (χ0) is 25.2. The van der Waals surface area contributed by atoms with E-state index >= 15 is 0 Å². The first kappa shape index (κ1) is 23.6. The van der Waals surface area contributed by atoms with Crippen LogP contribution >= 0.6 is 11.6 Å². The molecule has 0 unspecified atom stereocenters. The largest absolute Gasteiger partial charge is 0.320 e. The molecule has 1 atom stereocenters. The Morgan fingerprint density at radius 2 is 2.00 bits per heavy atom. The minimum Gasteiger partial charge on any atom is -0.320 e. The number of aromatic nitrogens is 3. The van der Waals surface area contributed by atoms with E-state index in [2.05, 4.69) is 29.4 Å². The lowest BCUT2D eigenvalue weighted by molar-refractivity contribution is 0.0995. The number of carbonyl (C=O) groups is 1. The van der Waals surface area contributed by atoms with Crippen molar-refractivity contribution >= 4 is 23.2 Å². The van der Waals surface area contributed by atoms with Gasteiger partial charge in [-0.3, -0.25) is 4.79 Å². The fraction of sp³-hybridized carbons (Fsp3) is 0.464. The van der Waals surface area contributed by atoms with Crippen molar-refractivity contribution in [2.45, 2.75) is 75.7 Å². The maximum absolute atomic E-state index is 14.2. The van der Waals surface area contributed by atoms with Crippen LogP contribution < -0.4 is 10.2 Å². The molecule has 1 amide bonds. The lowest BCUT2D eigenvalue weighted by atomic mass is 9.62. The zero-order valence-electron chi connectivity index (χ0n) is 20.9. The summed E-state index contributed by atoms with van der Waals surface area (Å²) in [5, 5.41) is 12.7. The van der Waals surface area contributed by atoms with Crippen LogP contribution in [0, 0.1) is 0 Å². The minimum atomic E-state index is -0.877. The average molecular weight is 508 g/mol. The van der Waals surface area contributed by atoms with Gasteiger partial charge in [0.25, 0.3) is 5.91 Å². The van der Waals surface area contributed by atoms with Crippen LogP contribution in [0.1, 0.15) is 84.9 Å². The number of nitrogens with one attached hydrogen (secondary N) is 1. The summed E-state index contributed by atoms with van der Waals surface area (Å²) in [6.45, 7) is 4.80. The molecule has 2 aliphatic carbocycles. The van der Waals surface area contributed by atoms with Gasteiger partial charge in [-0.1, -0.05) is 23.7 Å². The first-order valence-electron chi connectivity index (χ1n) is 12.7. The molecule has 2 aromatic carbocycles. The van der Waals surface area contributed by atoms with Gasteiger partial charge in [0.1, 0.15) is 18.3 Å². The molecule has 0 radical (unpaired) electrons. The second-order valence-electron chi connectivity index (χ2n) is 11.1. The van der Waals surface area contributed by atoms with Crippen LogP contribution in [0.2, 0.25) is 5.02 Å². The second kappa shape index (κ2) is 8.38. The van der Waals surface area contributed by atoms with Crippen molar-refractivity contribution in [1.82, 2.24) is 20.1 Å². The molecule has 36 heavy (non-hydrogen) atoms. The number of nitrogens with zero attached hydrogens (tertiary/aromatic N) is 4. The molecule has 6 rings (SSSR count). The number of fused-ring (bicyclic) bond motifs is 1. The first-order valence-corrected chi connectivity index (χ1v) is 13.1. The summed E-state index contributed by atoms with van der Waals surface area (Å²) in [5.74, 6) is 0.691. The molecule has 3 aliphatic rings. The van der Waals surface area contributed by atoms with Gasteiger partial charge in [0.05, 0.1) is 12.0 Å². The van der Waals surface area contributed by atoms with Gasteiger partial charge in [0.15, 0.2) is 0 Å². The highest BCUT2D eigenvalue weighted by Crippen LogP contribution is 2.50. The van der Waals surface area contributed by atoms with Crippen molar-refractivity contribution in [2.75, 3.05) is 4.90 Å². The number of benzene rings is 2. The Labute approximate surface area is 215 Å². The highest BCUT2D eigenvalue weighted by Gasteiger charge is 2.50. The predicted octanol–water partition coefficient (Wildman–Crippen LogP) is 5.64. The van der Waals surface area contributed by atoms with E-state index in [0.29, 0.717) is 30.0 Å². The maximum atomic E-state index is 14.2. The van der Waals surface area contributed by atoms with Gasteiger partial charge in [-0.05, 0) is 81.3 Å². The summed E-state index contributed by atoms with van der Waals surface area (Å²) in [6.07, 6.45) is 5.06. The molecule has 6 nitrogen and oxygen atoms in total. The third kappa shape index (κ3) is 3.67. The van der Waals surface area contributed by atoms with Crippen molar-refractivity contribution < 1.29 is 9.18 Å². The van der Waals surface area contributed by atoms with Gasteiger partial charge in [-0.2, -0.15) is 0 Å². The smallest absolute Gasteiger partial charge is 0.258 e. The van der Waals surface area contributed by atoms with Gasteiger partial charge in [-0.25, -0.2) is 4.39 Å². The second-order valence-corrected chi connectivity index (χ2v) is 11.5. The minimum absolute atomic E-state index is 0.0577. The van der Waals surface area contributed by atoms with Crippen LogP contribution in [0.3, 0.4) is 0 Å². The molecular weight excluding hydrogens is 477 g/mol. The van der Waals surface area contributed by atoms with E-state index in [1.54, 1.807) is 11.2 Å². The van der Waals surface area contributed by atoms with Crippen molar-refractivity contribution in [2.24, 2.45) is 7.05 Å². The van der Waals surface area contributed by atoms with Crippen molar-refractivity contribution in [1.29, 1.82) is 0 Å². The van der Waals surface area contributed by atoms with Gasteiger partial charge in [0.2, 0.25) is 0 Å². The van der Waals surface area contributed by atoms with E-state index in [4.69, 9.17) is 11.6 Å². The van der Waals surface area contributed by atoms with E-state index in [1.807, 2.05) is 48.0 Å². The molecule has 0 saturated heterocycles. The Morgan fingerprint density at radius 1 is 1.22 bits per heavy atom. The van der Waals surface area contributed by atoms with E-state index in [1.165, 1.54) is 6.42 Å². The SMILES string of the molecule is C[C@@H](NC1(C)CCC1)c1cc(Cl)c2c(c1)C(=O)N(c1cccc([C@]3(c4nncn4C)C[C@H](F)C3)c1)C2.